The predicted molar refractivity (Wildman–Crippen MR) is 87.2 cm³/mol. The minimum Gasteiger partial charge on any atom is -0.312 e. The van der Waals surface area contributed by atoms with Gasteiger partial charge < -0.3 is 5.32 Å². The zero-order chi connectivity index (χ0) is 13.5. The van der Waals surface area contributed by atoms with Crippen molar-refractivity contribution in [1.29, 1.82) is 0 Å². The van der Waals surface area contributed by atoms with E-state index >= 15 is 0 Å². The van der Waals surface area contributed by atoms with Crippen LogP contribution in [0.1, 0.15) is 66.8 Å². The Bertz CT molecular complexity index is 370. The van der Waals surface area contributed by atoms with Gasteiger partial charge in [-0.1, -0.05) is 26.7 Å². The van der Waals surface area contributed by atoms with Gasteiger partial charge >= 0.3 is 0 Å². The van der Waals surface area contributed by atoms with Gasteiger partial charge in [0.25, 0.3) is 0 Å². The maximum Gasteiger partial charge on any atom is 0.106 e. The quantitative estimate of drug-likeness (QED) is 0.747. The molecule has 1 aliphatic rings. The predicted octanol–water partition coefficient (Wildman–Crippen LogP) is 4.55. The molecule has 2 rings (SSSR count). The first-order valence-corrected chi connectivity index (χ1v) is 9.52. The molecule has 1 atom stereocenters. The molecular formula is C15H26N2S2. The molecule has 1 unspecified atom stereocenters. The molecular weight excluding hydrogens is 272 g/mol. The number of aromatic nitrogens is 1. The zero-order valence-corrected chi connectivity index (χ0v) is 13.8. The van der Waals surface area contributed by atoms with Crippen molar-refractivity contribution in [3.63, 3.8) is 0 Å². The van der Waals surface area contributed by atoms with E-state index in [2.05, 4.69) is 30.9 Å². The standard InChI is InChI=1S/C15H26N2S2/c1-3-7-12-14(11-16-9-4-2)19-15(17-12)13-8-5-6-10-18-13/h13,16H,3-11H2,1-2H3. The normalized spacial score (nSPS) is 19.8. The molecule has 1 saturated heterocycles. The van der Waals surface area contributed by atoms with Gasteiger partial charge in [0, 0.05) is 11.4 Å². The molecule has 0 aromatic carbocycles. The summed E-state index contributed by atoms with van der Waals surface area (Å²) in [5.74, 6) is 1.32. The third kappa shape index (κ3) is 4.47. The van der Waals surface area contributed by atoms with Crippen LogP contribution in [0.4, 0.5) is 0 Å². The van der Waals surface area contributed by atoms with E-state index in [9.17, 15) is 0 Å². The van der Waals surface area contributed by atoms with E-state index in [-0.39, 0.29) is 0 Å². The second kappa shape index (κ2) is 8.28. The molecule has 0 amide bonds. The molecule has 0 spiro atoms. The number of nitrogens with one attached hydrogen (secondary N) is 1. The van der Waals surface area contributed by atoms with Crippen LogP contribution in [-0.4, -0.2) is 17.3 Å². The molecule has 1 fully saturated rings. The van der Waals surface area contributed by atoms with E-state index in [0.717, 1.165) is 19.5 Å². The molecule has 1 N–H and O–H groups in total. The lowest BCUT2D eigenvalue weighted by Gasteiger charge is -2.18. The zero-order valence-electron chi connectivity index (χ0n) is 12.2. The fraction of sp³-hybridized carbons (Fsp3) is 0.800. The minimum absolute atomic E-state index is 0.675. The summed E-state index contributed by atoms with van der Waals surface area (Å²) in [7, 11) is 0. The maximum atomic E-state index is 4.96. The van der Waals surface area contributed by atoms with Gasteiger partial charge in [-0.3, -0.25) is 0 Å². The van der Waals surface area contributed by atoms with Crippen LogP contribution >= 0.6 is 23.1 Å². The fourth-order valence-electron chi connectivity index (χ4n) is 2.43. The Morgan fingerprint density at radius 1 is 1.26 bits per heavy atom. The third-order valence-corrected chi connectivity index (χ3v) is 6.20. The highest BCUT2D eigenvalue weighted by atomic mass is 32.2. The largest absolute Gasteiger partial charge is 0.312 e. The fourth-order valence-corrected chi connectivity index (χ4v) is 5.06. The van der Waals surface area contributed by atoms with Gasteiger partial charge in [0.15, 0.2) is 0 Å². The molecule has 2 nitrogen and oxygen atoms in total. The highest BCUT2D eigenvalue weighted by molar-refractivity contribution is 7.99. The number of thiazole rings is 1. The number of thioether (sulfide) groups is 1. The summed E-state index contributed by atoms with van der Waals surface area (Å²) in [4.78, 5) is 6.44. The van der Waals surface area contributed by atoms with E-state index in [1.165, 1.54) is 53.4 Å². The highest BCUT2D eigenvalue weighted by Gasteiger charge is 2.21. The summed E-state index contributed by atoms with van der Waals surface area (Å²) >= 11 is 4.07. The van der Waals surface area contributed by atoms with Crippen molar-refractivity contribution in [1.82, 2.24) is 10.3 Å². The van der Waals surface area contributed by atoms with Crippen molar-refractivity contribution >= 4 is 23.1 Å². The van der Waals surface area contributed by atoms with Crippen LogP contribution in [0.15, 0.2) is 0 Å². The molecule has 2 heterocycles. The van der Waals surface area contributed by atoms with Crippen molar-refractivity contribution < 1.29 is 0 Å². The topological polar surface area (TPSA) is 24.9 Å². The second-order valence-corrected chi connectivity index (χ2v) is 7.63. The van der Waals surface area contributed by atoms with E-state index in [0.29, 0.717) is 5.25 Å². The van der Waals surface area contributed by atoms with Crippen LogP contribution in [-0.2, 0) is 13.0 Å². The lowest BCUT2D eigenvalue weighted by Crippen LogP contribution is -2.13. The Labute approximate surface area is 125 Å². The van der Waals surface area contributed by atoms with E-state index < -0.39 is 0 Å². The lowest BCUT2D eigenvalue weighted by molar-refractivity contribution is 0.672. The molecule has 0 aliphatic carbocycles. The summed E-state index contributed by atoms with van der Waals surface area (Å²) in [5, 5.41) is 5.60. The van der Waals surface area contributed by atoms with Gasteiger partial charge in [-0.25, -0.2) is 4.98 Å². The third-order valence-electron chi connectivity index (χ3n) is 3.45. The molecule has 19 heavy (non-hydrogen) atoms. The average molecular weight is 299 g/mol. The van der Waals surface area contributed by atoms with Crippen LogP contribution in [0.2, 0.25) is 0 Å². The van der Waals surface area contributed by atoms with Gasteiger partial charge in [0.05, 0.1) is 10.9 Å². The first-order valence-electron chi connectivity index (χ1n) is 7.66. The van der Waals surface area contributed by atoms with Gasteiger partial charge in [-0.05, 0) is 38.0 Å². The van der Waals surface area contributed by atoms with Crippen molar-refractivity contribution in [2.24, 2.45) is 0 Å². The number of hydrogen-bond acceptors (Lipinski definition) is 4. The van der Waals surface area contributed by atoms with Crippen molar-refractivity contribution in [3.8, 4) is 0 Å². The van der Waals surface area contributed by atoms with E-state index in [1.54, 1.807) is 0 Å². The molecule has 0 saturated carbocycles. The number of nitrogens with zero attached hydrogens (tertiary/aromatic N) is 1. The SMILES string of the molecule is CCCNCc1sc(C2CCCCS2)nc1CCC. The number of rotatable bonds is 7. The second-order valence-electron chi connectivity index (χ2n) is 5.20. The molecule has 4 heteroatoms. The maximum absolute atomic E-state index is 4.96. The average Bonchev–Trinajstić information content (AvgIpc) is 2.84. The molecule has 1 aliphatic heterocycles. The lowest BCUT2D eigenvalue weighted by atomic mass is 10.2. The van der Waals surface area contributed by atoms with Crippen molar-refractivity contribution in [2.45, 2.75) is 64.2 Å². The summed E-state index contributed by atoms with van der Waals surface area (Å²) < 4.78 is 0. The van der Waals surface area contributed by atoms with Gasteiger partial charge in [-0.2, -0.15) is 11.8 Å². The van der Waals surface area contributed by atoms with Crippen LogP contribution in [0, 0.1) is 0 Å². The summed E-state index contributed by atoms with van der Waals surface area (Å²) in [6.45, 7) is 6.59. The molecule has 1 aromatic rings. The Morgan fingerprint density at radius 3 is 2.84 bits per heavy atom. The minimum atomic E-state index is 0.675. The summed E-state index contributed by atoms with van der Waals surface area (Å²) in [6.07, 6.45) is 7.63. The van der Waals surface area contributed by atoms with Crippen LogP contribution in [0.3, 0.4) is 0 Å². The van der Waals surface area contributed by atoms with Gasteiger partial charge in [0.1, 0.15) is 5.01 Å². The first kappa shape index (κ1) is 15.3. The van der Waals surface area contributed by atoms with Crippen molar-refractivity contribution in [2.75, 3.05) is 12.3 Å². The molecule has 0 radical (unpaired) electrons. The summed E-state index contributed by atoms with van der Waals surface area (Å²) in [5.41, 5.74) is 1.36. The van der Waals surface area contributed by atoms with E-state index in [1.807, 2.05) is 11.3 Å². The van der Waals surface area contributed by atoms with Crippen LogP contribution < -0.4 is 5.32 Å². The van der Waals surface area contributed by atoms with E-state index in [4.69, 9.17) is 4.98 Å². The Kier molecular flexibility index (Phi) is 6.68. The van der Waals surface area contributed by atoms with Crippen LogP contribution in [0.25, 0.3) is 0 Å². The number of hydrogen-bond donors (Lipinski definition) is 1. The Hall–Kier alpha value is -0.0600. The van der Waals surface area contributed by atoms with Crippen LogP contribution in [0.5, 0.6) is 0 Å². The molecule has 0 bridgehead atoms. The first-order chi connectivity index (χ1) is 9.35. The molecule has 108 valence electrons. The number of aryl methyl sites for hydroxylation is 1. The Morgan fingerprint density at radius 2 is 2.16 bits per heavy atom. The molecule has 1 aromatic heterocycles. The van der Waals surface area contributed by atoms with Gasteiger partial charge in [0.2, 0.25) is 0 Å². The van der Waals surface area contributed by atoms with Crippen molar-refractivity contribution in [3.05, 3.63) is 15.6 Å². The highest BCUT2D eigenvalue weighted by Crippen LogP contribution is 2.40. The smallest absolute Gasteiger partial charge is 0.106 e. The summed E-state index contributed by atoms with van der Waals surface area (Å²) in [6, 6.07) is 0. The Balaban J connectivity index is 2.04. The van der Waals surface area contributed by atoms with Gasteiger partial charge in [-0.15, -0.1) is 11.3 Å². The monoisotopic (exact) mass is 298 g/mol.